The predicted octanol–water partition coefficient (Wildman–Crippen LogP) is 3.27. The van der Waals surface area contributed by atoms with E-state index in [1.165, 1.54) is 12.8 Å². The van der Waals surface area contributed by atoms with Gasteiger partial charge in [0.2, 0.25) is 12.2 Å². The lowest BCUT2D eigenvalue weighted by molar-refractivity contribution is 0.124. The third kappa shape index (κ3) is 3.45. The van der Waals surface area contributed by atoms with Crippen LogP contribution in [-0.2, 0) is 9.59 Å². The second-order valence-electron chi connectivity index (χ2n) is 6.68. The maximum absolute atomic E-state index is 10.4. The van der Waals surface area contributed by atoms with Gasteiger partial charge in [-0.05, 0) is 62.2 Å². The van der Waals surface area contributed by atoms with Gasteiger partial charge in [-0.15, -0.1) is 0 Å². The summed E-state index contributed by atoms with van der Waals surface area (Å²) >= 11 is 0. The first-order valence-electron chi connectivity index (χ1n) is 7.79. The molecule has 2 fully saturated rings. The van der Waals surface area contributed by atoms with E-state index in [-0.39, 0.29) is 12.1 Å². The molecule has 0 spiro atoms. The van der Waals surface area contributed by atoms with E-state index < -0.39 is 0 Å². The van der Waals surface area contributed by atoms with Crippen LogP contribution in [0.4, 0.5) is 0 Å². The van der Waals surface area contributed by atoms with Gasteiger partial charge in [0, 0.05) is 0 Å². The molecule has 0 aromatic heterocycles. The Morgan fingerprint density at radius 3 is 1.45 bits per heavy atom. The average molecular weight is 276 g/mol. The van der Waals surface area contributed by atoms with Crippen LogP contribution in [0.15, 0.2) is 9.98 Å². The van der Waals surface area contributed by atoms with Crippen molar-refractivity contribution in [3.63, 3.8) is 0 Å². The van der Waals surface area contributed by atoms with E-state index in [1.807, 2.05) is 0 Å². The molecule has 2 rings (SSSR count). The molecule has 2 aliphatic rings. The summed E-state index contributed by atoms with van der Waals surface area (Å²) in [5, 5.41) is 0. The lowest BCUT2D eigenvalue weighted by Crippen LogP contribution is -2.34. The highest BCUT2D eigenvalue weighted by Gasteiger charge is 2.36. The van der Waals surface area contributed by atoms with Gasteiger partial charge in [-0.3, -0.25) is 0 Å². The molecule has 0 bridgehead atoms. The van der Waals surface area contributed by atoms with E-state index >= 15 is 0 Å². The number of hydrogen-bond donors (Lipinski definition) is 0. The van der Waals surface area contributed by atoms with Crippen molar-refractivity contribution in [2.45, 2.75) is 64.5 Å². The molecule has 110 valence electrons. The normalized spacial score (nSPS) is 41.3. The third-order valence-corrected chi connectivity index (χ3v) is 5.43. The van der Waals surface area contributed by atoms with Crippen molar-refractivity contribution in [1.29, 1.82) is 0 Å². The smallest absolute Gasteiger partial charge is 0.211 e. The number of rotatable bonds is 3. The lowest BCUT2D eigenvalue weighted by atomic mass is 9.66. The monoisotopic (exact) mass is 276 g/mol. The highest BCUT2D eigenvalue weighted by Crippen LogP contribution is 2.43. The number of hydrogen-bond acceptors (Lipinski definition) is 4. The Balaban J connectivity index is 1.91. The molecular weight excluding hydrogens is 252 g/mol. The van der Waals surface area contributed by atoms with Gasteiger partial charge in [-0.1, -0.05) is 13.8 Å². The summed E-state index contributed by atoms with van der Waals surface area (Å²) in [4.78, 5) is 28.7. The zero-order valence-corrected chi connectivity index (χ0v) is 12.4. The molecule has 0 radical (unpaired) electrons. The second kappa shape index (κ2) is 6.97. The summed E-state index contributed by atoms with van der Waals surface area (Å²) in [7, 11) is 0. The maximum Gasteiger partial charge on any atom is 0.235 e. The zero-order valence-electron chi connectivity index (χ0n) is 12.4. The van der Waals surface area contributed by atoms with Crippen LogP contribution >= 0.6 is 0 Å². The Morgan fingerprint density at radius 1 is 0.750 bits per heavy atom. The standard InChI is InChI=1S/C16H24N2O2/c1-11-7-13(3-5-15(11)17-9-19)14-4-6-16(18-10-20)12(2)8-14/h11-16H,3-8H2,1-2H3. The number of aliphatic imine (C=N–C) groups is 2. The molecule has 0 N–H and O–H groups in total. The van der Waals surface area contributed by atoms with Crippen molar-refractivity contribution in [2.75, 3.05) is 0 Å². The average Bonchev–Trinajstić information content (AvgIpc) is 2.44. The van der Waals surface area contributed by atoms with Gasteiger partial charge in [0.25, 0.3) is 0 Å². The van der Waals surface area contributed by atoms with Gasteiger partial charge >= 0.3 is 0 Å². The maximum atomic E-state index is 10.4. The molecule has 2 saturated carbocycles. The van der Waals surface area contributed by atoms with E-state index in [1.54, 1.807) is 12.2 Å². The molecule has 0 aromatic carbocycles. The molecule has 4 heteroatoms. The molecule has 0 aliphatic heterocycles. The highest BCUT2D eigenvalue weighted by molar-refractivity contribution is 5.34. The quantitative estimate of drug-likeness (QED) is 0.586. The van der Waals surface area contributed by atoms with Gasteiger partial charge in [0.05, 0.1) is 12.1 Å². The topological polar surface area (TPSA) is 58.9 Å². The molecule has 0 saturated heterocycles. The summed E-state index contributed by atoms with van der Waals surface area (Å²) in [6, 6.07) is 0.356. The van der Waals surface area contributed by atoms with Crippen LogP contribution in [0.3, 0.4) is 0 Å². The fourth-order valence-electron chi connectivity index (χ4n) is 4.22. The molecule has 2 aliphatic carbocycles. The summed E-state index contributed by atoms with van der Waals surface area (Å²) in [6.07, 6.45) is 10.1. The van der Waals surface area contributed by atoms with E-state index in [4.69, 9.17) is 0 Å². The first-order valence-corrected chi connectivity index (χ1v) is 7.79. The summed E-state index contributed by atoms with van der Waals surface area (Å²) < 4.78 is 0. The van der Waals surface area contributed by atoms with Gasteiger partial charge < -0.3 is 0 Å². The number of carbonyl (C=O) groups excluding carboxylic acids is 2. The van der Waals surface area contributed by atoms with Crippen molar-refractivity contribution in [2.24, 2.45) is 33.7 Å². The predicted molar refractivity (Wildman–Crippen MR) is 76.8 cm³/mol. The van der Waals surface area contributed by atoms with Gasteiger partial charge in [0.15, 0.2) is 0 Å². The molecule has 0 aromatic rings. The van der Waals surface area contributed by atoms with Crippen molar-refractivity contribution >= 4 is 12.2 Å². The molecule has 0 amide bonds. The van der Waals surface area contributed by atoms with Crippen LogP contribution in [-0.4, -0.2) is 24.2 Å². The number of nitrogens with zero attached hydrogens (tertiary/aromatic N) is 2. The van der Waals surface area contributed by atoms with Crippen molar-refractivity contribution < 1.29 is 9.59 Å². The van der Waals surface area contributed by atoms with Gasteiger partial charge in [0.1, 0.15) is 0 Å². The molecule has 0 heterocycles. The Bertz CT molecular complexity index is 384. The summed E-state index contributed by atoms with van der Waals surface area (Å²) in [5.41, 5.74) is 0. The highest BCUT2D eigenvalue weighted by atomic mass is 16.1. The van der Waals surface area contributed by atoms with E-state index in [0.717, 1.165) is 37.5 Å². The minimum Gasteiger partial charge on any atom is -0.211 e. The minimum atomic E-state index is 0.178. The van der Waals surface area contributed by atoms with Crippen LogP contribution in [0.5, 0.6) is 0 Å². The van der Waals surface area contributed by atoms with Crippen LogP contribution in [0.1, 0.15) is 52.4 Å². The van der Waals surface area contributed by atoms with Crippen LogP contribution in [0.25, 0.3) is 0 Å². The SMILES string of the molecule is CC1CC(C2CCC(N=C=O)C(C)C2)CCC1N=C=O. The zero-order chi connectivity index (χ0) is 14.5. The van der Waals surface area contributed by atoms with Crippen molar-refractivity contribution in [3.8, 4) is 0 Å². The van der Waals surface area contributed by atoms with E-state index in [9.17, 15) is 9.59 Å². The van der Waals surface area contributed by atoms with Crippen molar-refractivity contribution in [3.05, 3.63) is 0 Å². The molecule has 4 nitrogen and oxygen atoms in total. The Labute approximate surface area is 120 Å². The van der Waals surface area contributed by atoms with Crippen molar-refractivity contribution in [1.82, 2.24) is 0 Å². The van der Waals surface area contributed by atoms with Crippen LogP contribution in [0.2, 0.25) is 0 Å². The fraction of sp³-hybridized carbons (Fsp3) is 0.875. The second-order valence-corrected chi connectivity index (χ2v) is 6.68. The molecule has 6 unspecified atom stereocenters. The fourth-order valence-corrected chi connectivity index (χ4v) is 4.22. The lowest BCUT2D eigenvalue weighted by Gasteiger charge is -2.40. The van der Waals surface area contributed by atoms with Crippen LogP contribution < -0.4 is 0 Å². The Kier molecular flexibility index (Phi) is 5.28. The Morgan fingerprint density at radius 2 is 1.15 bits per heavy atom. The van der Waals surface area contributed by atoms with E-state index in [2.05, 4.69) is 23.8 Å². The van der Waals surface area contributed by atoms with E-state index in [0.29, 0.717) is 11.8 Å². The third-order valence-electron chi connectivity index (χ3n) is 5.43. The molecule has 6 atom stereocenters. The van der Waals surface area contributed by atoms with Gasteiger partial charge in [-0.2, -0.15) is 0 Å². The minimum absolute atomic E-state index is 0.178. The summed E-state index contributed by atoms with van der Waals surface area (Å²) in [5.74, 6) is 2.45. The first-order chi connectivity index (χ1) is 9.65. The summed E-state index contributed by atoms with van der Waals surface area (Å²) in [6.45, 7) is 4.40. The van der Waals surface area contributed by atoms with Gasteiger partial charge in [-0.25, -0.2) is 19.6 Å². The number of isocyanates is 2. The Hall–Kier alpha value is -1.24. The molecule has 20 heavy (non-hydrogen) atoms. The first kappa shape index (κ1) is 15.2. The largest absolute Gasteiger partial charge is 0.235 e. The van der Waals surface area contributed by atoms with Crippen LogP contribution in [0, 0.1) is 23.7 Å². The molecular formula is C16H24N2O2.